The fourth-order valence-corrected chi connectivity index (χ4v) is 2.58. The topological polar surface area (TPSA) is 46.2 Å². The molecule has 0 fully saturated rings. The molecule has 0 aliphatic heterocycles. The fourth-order valence-electron chi connectivity index (χ4n) is 2.58. The van der Waals surface area contributed by atoms with Gasteiger partial charge >= 0.3 is 0 Å². The molecule has 0 saturated heterocycles. The van der Waals surface area contributed by atoms with Crippen LogP contribution in [0.25, 0.3) is 0 Å². The minimum absolute atomic E-state index is 0.201. The van der Waals surface area contributed by atoms with Crippen LogP contribution in [0.4, 0.5) is 0 Å². The van der Waals surface area contributed by atoms with E-state index in [1.54, 1.807) is 6.26 Å². The maximum absolute atomic E-state index is 5.57. The Labute approximate surface area is 132 Å². The number of nitrogens with zero attached hydrogens (tertiary/aromatic N) is 3. The molecule has 0 unspecified atom stereocenters. The van der Waals surface area contributed by atoms with Gasteiger partial charge in [0.1, 0.15) is 5.76 Å². The maximum atomic E-state index is 5.57. The summed E-state index contributed by atoms with van der Waals surface area (Å²) < 4.78 is 7.41. The lowest BCUT2D eigenvalue weighted by atomic mass is 10.1. The van der Waals surface area contributed by atoms with Crippen molar-refractivity contribution in [2.45, 2.75) is 24.9 Å². The van der Waals surface area contributed by atoms with Gasteiger partial charge in [0.05, 0.1) is 18.5 Å². The van der Waals surface area contributed by atoms with Crippen LogP contribution in [0.3, 0.4) is 0 Å². The Hall–Kier alpha value is -1.85. The van der Waals surface area contributed by atoms with Crippen LogP contribution in [0.15, 0.2) is 47.9 Å². The molecule has 5 heteroatoms. The summed E-state index contributed by atoms with van der Waals surface area (Å²) in [5, 5.41) is 7.90. The molecular weight excluding hydrogens is 276 g/mol. The highest BCUT2D eigenvalue weighted by Gasteiger charge is 2.19. The molecule has 22 heavy (non-hydrogen) atoms. The van der Waals surface area contributed by atoms with E-state index >= 15 is 0 Å². The van der Waals surface area contributed by atoms with Gasteiger partial charge in [0.25, 0.3) is 0 Å². The molecule has 0 saturated carbocycles. The van der Waals surface area contributed by atoms with Gasteiger partial charge in [0.2, 0.25) is 0 Å². The molecule has 0 amide bonds. The molecule has 0 aliphatic rings. The predicted octanol–water partition coefficient (Wildman–Crippen LogP) is 2.91. The van der Waals surface area contributed by atoms with Crippen molar-refractivity contribution in [3.63, 3.8) is 0 Å². The second-order valence-corrected chi connectivity index (χ2v) is 5.77. The van der Waals surface area contributed by atoms with Crippen LogP contribution in [0.5, 0.6) is 0 Å². The minimum Gasteiger partial charge on any atom is -0.468 e. The third-order valence-electron chi connectivity index (χ3n) is 3.84. The molecule has 2 aromatic heterocycles. The molecule has 0 spiro atoms. The van der Waals surface area contributed by atoms with Crippen LogP contribution in [0, 0.1) is 0 Å². The van der Waals surface area contributed by atoms with Crippen molar-refractivity contribution in [1.29, 1.82) is 0 Å². The standard InChI is InChI=1S/C17H26N4O/c1-5-6-8-15(17-9-7-10-22-17)18-12-16(20(2)3)14-11-19-21(4)13-14/h5,7,9-11,13,15-16,18H,1,6,8,12H2,2-4H3/t15-,16-/m0/s1. The minimum atomic E-state index is 0.201. The van der Waals surface area contributed by atoms with E-state index in [0.29, 0.717) is 0 Å². The molecule has 0 aromatic carbocycles. The number of aryl methyl sites for hydroxylation is 1. The highest BCUT2D eigenvalue weighted by atomic mass is 16.3. The van der Waals surface area contributed by atoms with Gasteiger partial charge in [-0.1, -0.05) is 6.08 Å². The molecule has 2 aromatic rings. The third-order valence-corrected chi connectivity index (χ3v) is 3.84. The second kappa shape index (κ2) is 7.96. The van der Waals surface area contributed by atoms with Gasteiger partial charge < -0.3 is 14.6 Å². The number of allylic oxidation sites excluding steroid dienone is 1. The van der Waals surface area contributed by atoms with Crippen LogP contribution in [0.1, 0.15) is 36.2 Å². The number of nitrogens with one attached hydrogen (secondary N) is 1. The van der Waals surface area contributed by atoms with Gasteiger partial charge in [-0.05, 0) is 39.1 Å². The Morgan fingerprint density at radius 3 is 2.86 bits per heavy atom. The second-order valence-electron chi connectivity index (χ2n) is 5.77. The number of hydrogen-bond donors (Lipinski definition) is 1. The Morgan fingerprint density at radius 2 is 2.32 bits per heavy atom. The Kier molecular flexibility index (Phi) is 5.98. The molecule has 0 bridgehead atoms. The van der Waals surface area contributed by atoms with Crippen LogP contribution in [0.2, 0.25) is 0 Å². The zero-order valence-corrected chi connectivity index (χ0v) is 13.7. The highest BCUT2D eigenvalue weighted by Crippen LogP contribution is 2.22. The summed E-state index contributed by atoms with van der Waals surface area (Å²) >= 11 is 0. The summed E-state index contributed by atoms with van der Waals surface area (Å²) in [5.41, 5.74) is 1.21. The van der Waals surface area contributed by atoms with E-state index in [-0.39, 0.29) is 12.1 Å². The monoisotopic (exact) mass is 302 g/mol. The third kappa shape index (κ3) is 4.32. The van der Waals surface area contributed by atoms with Crippen LogP contribution >= 0.6 is 0 Å². The van der Waals surface area contributed by atoms with E-state index in [9.17, 15) is 0 Å². The first-order valence-corrected chi connectivity index (χ1v) is 7.64. The van der Waals surface area contributed by atoms with E-state index in [4.69, 9.17) is 4.42 Å². The average molecular weight is 302 g/mol. The normalized spacial score (nSPS) is 14.2. The molecule has 120 valence electrons. The summed E-state index contributed by atoms with van der Waals surface area (Å²) in [4.78, 5) is 2.21. The Balaban J connectivity index is 2.03. The number of hydrogen-bond acceptors (Lipinski definition) is 4. The summed E-state index contributed by atoms with van der Waals surface area (Å²) in [7, 11) is 6.12. The molecule has 2 rings (SSSR count). The molecule has 2 heterocycles. The molecule has 0 aliphatic carbocycles. The number of rotatable bonds is 9. The summed E-state index contributed by atoms with van der Waals surface area (Å²) in [6.07, 6.45) is 9.60. The zero-order valence-electron chi connectivity index (χ0n) is 13.7. The first-order chi connectivity index (χ1) is 10.6. The Bertz CT molecular complexity index is 559. The van der Waals surface area contributed by atoms with Crippen molar-refractivity contribution < 1.29 is 4.42 Å². The first-order valence-electron chi connectivity index (χ1n) is 7.64. The van der Waals surface area contributed by atoms with Crippen molar-refractivity contribution in [2.24, 2.45) is 7.05 Å². The summed E-state index contributed by atoms with van der Waals surface area (Å²) in [6, 6.07) is 4.43. The van der Waals surface area contributed by atoms with Gasteiger partial charge in [0.15, 0.2) is 0 Å². The van der Waals surface area contributed by atoms with Crippen molar-refractivity contribution >= 4 is 0 Å². The smallest absolute Gasteiger partial charge is 0.120 e. The largest absolute Gasteiger partial charge is 0.468 e. The van der Waals surface area contributed by atoms with Gasteiger partial charge in [-0.3, -0.25) is 4.68 Å². The van der Waals surface area contributed by atoms with Crippen LogP contribution < -0.4 is 5.32 Å². The molecule has 2 atom stereocenters. The lowest BCUT2D eigenvalue weighted by molar-refractivity contribution is 0.270. The fraction of sp³-hybridized carbons (Fsp3) is 0.471. The molecule has 5 nitrogen and oxygen atoms in total. The lowest BCUT2D eigenvalue weighted by Crippen LogP contribution is -2.33. The quantitative estimate of drug-likeness (QED) is 0.724. The first kappa shape index (κ1) is 16.5. The SMILES string of the molecule is C=CCC[C@H](NC[C@@H](c1cnn(C)c1)N(C)C)c1ccco1. The lowest BCUT2D eigenvalue weighted by Gasteiger charge is -2.26. The van der Waals surface area contributed by atoms with Crippen LogP contribution in [-0.2, 0) is 7.05 Å². The zero-order chi connectivity index (χ0) is 15.9. The van der Waals surface area contributed by atoms with Gasteiger partial charge in [-0.25, -0.2) is 0 Å². The summed E-state index contributed by atoms with van der Waals surface area (Å²) in [5.74, 6) is 0.977. The van der Waals surface area contributed by atoms with Gasteiger partial charge in [0, 0.05) is 31.4 Å². The van der Waals surface area contributed by atoms with Gasteiger partial charge in [-0.15, -0.1) is 6.58 Å². The van der Waals surface area contributed by atoms with Crippen molar-refractivity contribution in [2.75, 3.05) is 20.6 Å². The van der Waals surface area contributed by atoms with Gasteiger partial charge in [-0.2, -0.15) is 5.10 Å². The number of likely N-dealkylation sites (N-methyl/N-ethyl adjacent to an activating group) is 1. The van der Waals surface area contributed by atoms with E-state index in [1.807, 2.05) is 36.1 Å². The maximum Gasteiger partial charge on any atom is 0.120 e. The molecular formula is C17H26N4O. The van der Waals surface area contributed by atoms with E-state index < -0.39 is 0 Å². The summed E-state index contributed by atoms with van der Waals surface area (Å²) in [6.45, 7) is 4.64. The van der Waals surface area contributed by atoms with E-state index in [1.165, 1.54) is 5.56 Å². The number of aromatic nitrogens is 2. The molecule has 0 radical (unpaired) electrons. The highest BCUT2D eigenvalue weighted by molar-refractivity contribution is 5.12. The van der Waals surface area contributed by atoms with Crippen molar-refractivity contribution in [3.05, 3.63) is 54.8 Å². The predicted molar refractivity (Wildman–Crippen MR) is 88.5 cm³/mol. The van der Waals surface area contributed by atoms with Crippen molar-refractivity contribution in [1.82, 2.24) is 20.0 Å². The van der Waals surface area contributed by atoms with E-state index in [0.717, 1.165) is 25.1 Å². The number of furan rings is 1. The van der Waals surface area contributed by atoms with Crippen LogP contribution in [-0.4, -0.2) is 35.3 Å². The Morgan fingerprint density at radius 1 is 1.50 bits per heavy atom. The van der Waals surface area contributed by atoms with Crippen molar-refractivity contribution in [3.8, 4) is 0 Å². The molecule has 1 N–H and O–H groups in total. The average Bonchev–Trinajstić information content (AvgIpc) is 3.14. The van der Waals surface area contributed by atoms with E-state index in [2.05, 4.69) is 42.2 Å².